The molecular formula is C30H27F2N2O7P. The summed E-state index contributed by atoms with van der Waals surface area (Å²) in [6, 6.07) is 25.5. The standard InChI is InChI=1S/C30H27F2N2O7P/c1-21-17-18-34(29(36)33-21)28-30(31,32)25(19-26(35)22-11-5-2-6-12-22)27(39-28)20-38-42(37,40-23-13-7-3-8-14-23)41-24-15-9-4-10-16-24/h2-18,25,27-28H,19-20H2,1H3/t25-,27-,28-/m1/s1. The Bertz CT molecular complexity index is 1580. The average molecular weight is 597 g/mol. The van der Waals surface area contributed by atoms with Crippen molar-refractivity contribution < 1.29 is 36.4 Å². The van der Waals surface area contributed by atoms with Crippen molar-refractivity contribution in [2.24, 2.45) is 5.92 Å². The number of benzene rings is 3. The highest BCUT2D eigenvalue weighted by molar-refractivity contribution is 7.49. The molecule has 0 N–H and O–H groups in total. The molecule has 42 heavy (non-hydrogen) atoms. The molecule has 0 unspecified atom stereocenters. The van der Waals surface area contributed by atoms with E-state index in [1.807, 2.05) is 0 Å². The van der Waals surface area contributed by atoms with Crippen LogP contribution in [0.5, 0.6) is 11.5 Å². The summed E-state index contributed by atoms with van der Waals surface area (Å²) in [6.07, 6.45) is -3.06. The molecule has 218 valence electrons. The topological polar surface area (TPSA) is 106 Å². The van der Waals surface area contributed by atoms with Crippen molar-refractivity contribution in [3.8, 4) is 11.5 Å². The predicted octanol–water partition coefficient (Wildman–Crippen LogP) is 6.26. The zero-order chi connectivity index (χ0) is 29.7. The van der Waals surface area contributed by atoms with Gasteiger partial charge in [-0.25, -0.2) is 18.1 Å². The Morgan fingerprint density at radius 1 is 0.929 bits per heavy atom. The fourth-order valence-corrected chi connectivity index (χ4v) is 5.76. The van der Waals surface area contributed by atoms with Gasteiger partial charge in [-0.1, -0.05) is 66.7 Å². The molecule has 1 aromatic heterocycles. The summed E-state index contributed by atoms with van der Waals surface area (Å²) in [4.78, 5) is 29.3. The van der Waals surface area contributed by atoms with Gasteiger partial charge in [-0.3, -0.25) is 13.9 Å². The largest absolute Gasteiger partial charge is 0.587 e. The number of alkyl halides is 2. The van der Waals surface area contributed by atoms with E-state index in [0.29, 0.717) is 10.3 Å². The van der Waals surface area contributed by atoms with Gasteiger partial charge in [0.05, 0.1) is 18.6 Å². The van der Waals surface area contributed by atoms with Gasteiger partial charge in [-0.2, -0.15) is 4.98 Å². The molecule has 0 aliphatic carbocycles. The highest BCUT2D eigenvalue weighted by Gasteiger charge is 2.60. The monoisotopic (exact) mass is 596 g/mol. The maximum Gasteiger partial charge on any atom is 0.587 e. The van der Waals surface area contributed by atoms with Crippen molar-refractivity contribution in [3.05, 3.63) is 125 Å². The van der Waals surface area contributed by atoms with E-state index < -0.39 is 56.5 Å². The Kier molecular flexibility index (Phi) is 8.63. The van der Waals surface area contributed by atoms with Crippen molar-refractivity contribution in [3.63, 3.8) is 0 Å². The number of ether oxygens (including phenoxy) is 1. The van der Waals surface area contributed by atoms with Gasteiger partial charge in [-0.05, 0) is 37.3 Å². The molecule has 5 rings (SSSR count). The third-order valence-electron chi connectivity index (χ3n) is 6.62. The van der Waals surface area contributed by atoms with Gasteiger partial charge in [0.1, 0.15) is 11.5 Å². The zero-order valence-corrected chi connectivity index (χ0v) is 23.3. The summed E-state index contributed by atoms with van der Waals surface area (Å²) in [5.74, 6) is -5.73. The van der Waals surface area contributed by atoms with Gasteiger partial charge >= 0.3 is 13.5 Å². The van der Waals surface area contributed by atoms with Crippen LogP contribution in [0.2, 0.25) is 0 Å². The van der Waals surface area contributed by atoms with Crippen LogP contribution in [0, 0.1) is 12.8 Å². The van der Waals surface area contributed by atoms with Crippen molar-refractivity contribution in [1.29, 1.82) is 0 Å². The molecule has 4 aromatic rings. The number of Topliss-reactive ketones (excluding diaryl/α,β-unsaturated/α-hetero) is 1. The minimum atomic E-state index is -4.47. The number of carbonyl (C=O) groups excluding carboxylic acids is 1. The number of phosphoric acid groups is 1. The van der Waals surface area contributed by atoms with E-state index in [1.54, 1.807) is 61.5 Å². The van der Waals surface area contributed by atoms with E-state index in [9.17, 15) is 14.2 Å². The first kappa shape index (κ1) is 29.3. The average Bonchev–Trinajstić information content (AvgIpc) is 3.22. The summed E-state index contributed by atoms with van der Waals surface area (Å²) in [5, 5.41) is 0. The van der Waals surface area contributed by atoms with E-state index in [2.05, 4.69) is 4.98 Å². The van der Waals surface area contributed by atoms with Crippen LogP contribution in [-0.4, -0.2) is 34.0 Å². The first-order chi connectivity index (χ1) is 20.1. The van der Waals surface area contributed by atoms with Crippen LogP contribution < -0.4 is 14.7 Å². The normalized spacial score (nSPS) is 19.7. The second-order valence-electron chi connectivity index (χ2n) is 9.61. The summed E-state index contributed by atoms with van der Waals surface area (Å²) in [6.45, 7) is 0.845. The highest BCUT2D eigenvalue weighted by atomic mass is 31.2. The minimum absolute atomic E-state index is 0.153. The summed E-state index contributed by atoms with van der Waals surface area (Å²) in [5.41, 5.74) is -0.374. The van der Waals surface area contributed by atoms with E-state index in [0.717, 1.165) is 6.20 Å². The lowest BCUT2D eigenvalue weighted by atomic mass is 9.89. The van der Waals surface area contributed by atoms with Gasteiger partial charge < -0.3 is 13.8 Å². The molecule has 1 aliphatic rings. The highest BCUT2D eigenvalue weighted by Crippen LogP contribution is 2.53. The molecule has 1 aliphatic heterocycles. The maximum absolute atomic E-state index is 16.0. The molecule has 1 saturated heterocycles. The van der Waals surface area contributed by atoms with Gasteiger partial charge in [0.2, 0.25) is 6.23 Å². The number of carbonyl (C=O) groups is 1. The number of rotatable bonds is 11. The fourth-order valence-electron chi connectivity index (χ4n) is 4.53. The Morgan fingerprint density at radius 2 is 1.48 bits per heavy atom. The molecule has 0 radical (unpaired) electrons. The molecular weight excluding hydrogens is 569 g/mol. The lowest BCUT2D eigenvalue weighted by Gasteiger charge is -2.24. The Hall–Kier alpha value is -4.18. The third-order valence-corrected chi connectivity index (χ3v) is 7.95. The van der Waals surface area contributed by atoms with Gasteiger partial charge in [0.25, 0.3) is 5.92 Å². The van der Waals surface area contributed by atoms with Crippen molar-refractivity contribution in [1.82, 2.24) is 9.55 Å². The molecule has 0 saturated carbocycles. The van der Waals surface area contributed by atoms with E-state index >= 15 is 8.78 Å². The molecule has 3 aromatic carbocycles. The number of hydrogen-bond donors (Lipinski definition) is 0. The van der Waals surface area contributed by atoms with Crippen LogP contribution in [0.4, 0.5) is 8.78 Å². The number of nitrogens with zero attached hydrogens (tertiary/aromatic N) is 2. The molecule has 0 spiro atoms. The van der Waals surface area contributed by atoms with Crippen LogP contribution in [0.1, 0.15) is 28.7 Å². The molecule has 2 heterocycles. The zero-order valence-electron chi connectivity index (χ0n) is 22.4. The molecule has 9 nitrogen and oxygen atoms in total. The summed E-state index contributed by atoms with van der Waals surface area (Å²) in [7, 11) is -4.47. The van der Waals surface area contributed by atoms with Crippen LogP contribution in [0.25, 0.3) is 0 Å². The SMILES string of the molecule is Cc1ccn([C@@H]2O[C@H](COP(=O)(Oc3ccccc3)Oc3ccccc3)[C@@H](CC(=O)c3ccccc3)C2(F)F)c(=O)n1. The van der Waals surface area contributed by atoms with Crippen LogP contribution in [0.3, 0.4) is 0 Å². The van der Waals surface area contributed by atoms with Crippen LogP contribution in [-0.2, 0) is 13.8 Å². The lowest BCUT2D eigenvalue weighted by Crippen LogP contribution is -2.39. The van der Waals surface area contributed by atoms with Gasteiger partial charge in [-0.15, -0.1) is 0 Å². The second-order valence-corrected chi connectivity index (χ2v) is 11.1. The molecule has 0 amide bonds. The van der Waals surface area contributed by atoms with Crippen molar-refractivity contribution >= 4 is 13.6 Å². The Balaban J connectivity index is 1.45. The number of hydrogen-bond acceptors (Lipinski definition) is 8. The summed E-state index contributed by atoms with van der Waals surface area (Å²) < 4.78 is 69.0. The van der Waals surface area contributed by atoms with Gasteiger partial charge in [0.15, 0.2) is 5.78 Å². The number of halogens is 2. The number of phosphoric ester groups is 1. The number of aromatic nitrogens is 2. The van der Waals surface area contributed by atoms with Crippen LogP contribution in [0.15, 0.2) is 108 Å². The smallest absolute Gasteiger partial charge is 0.395 e. The molecule has 0 bridgehead atoms. The number of aryl methyl sites for hydroxylation is 1. The molecule has 3 atom stereocenters. The quantitative estimate of drug-likeness (QED) is 0.148. The first-order valence-corrected chi connectivity index (χ1v) is 14.5. The first-order valence-electron chi connectivity index (χ1n) is 13.1. The number of ketones is 1. The predicted molar refractivity (Wildman–Crippen MR) is 149 cm³/mol. The van der Waals surface area contributed by atoms with E-state index in [1.165, 1.54) is 42.5 Å². The van der Waals surface area contributed by atoms with Crippen LogP contribution >= 0.6 is 7.82 Å². The van der Waals surface area contributed by atoms with E-state index in [-0.39, 0.29) is 17.1 Å². The van der Waals surface area contributed by atoms with Gasteiger partial charge in [0, 0.05) is 23.9 Å². The summed E-state index contributed by atoms with van der Waals surface area (Å²) >= 11 is 0. The number of para-hydroxylation sites is 2. The molecule has 1 fully saturated rings. The minimum Gasteiger partial charge on any atom is -0.395 e. The second kappa shape index (κ2) is 12.4. The maximum atomic E-state index is 16.0. The molecule has 12 heteroatoms. The fraction of sp³-hybridized carbons (Fsp3) is 0.233. The Morgan fingerprint density at radius 3 is 2.02 bits per heavy atom. The Labute approximate surface area is 240 Å². The van der Waals surface area contributed by atoms with Crippen molar-refractivity contribution in [2.45, 2.75) is 31.6 Å². The third kappa shape index (κ3) is 6.65. The van der Waals surface area contributed by atoms with Crippen molar-refractivity contribution in [2.75, 3.05) is 6.61 Å². The van der Waals surface area contributed by atoms with E-state index in [4.69, 9.17) is 18.3 Å². The lowest BCUT2D eigenvalue weighted by molar-refractivity contribution is -0.127.